The van der Waals surface area contributed by atoms with Crippen molar-refractivity contribution in [1.82, 2.24) is 5.32 Å². The molecule has 1 heterocycles. The van der Waals surface area contributed by atoms with Crippen LogP contribution in [-0.2, 0) is 0 Å². The van der Waals surface area contributed by atoms with Gasteiger partial charge in [-0.05, 0) is 24.7 Å². The Morgan fingerprint density at radius 3 is 2.50 bits per heavy atom. The molecule has 1 rings (SSSR count). The lowest BCUT2D eigenvalue weighted by Gasteiger charge is -2.28. The van der Waals surface area contributed by atoms with Crippen LogP contribution < -0.4 is 5.32 Å². The van der Waals surface area contributed by atoms with Crippen molar-refractivity contribution in [3.8, 4) is 0 Å². The number of hydrogen-bond acceptors (Lipinski definition) is 3. The molecular weight excluding hydrogens is 216 g/mol. The predicted molar refractivity (Wildman–Crippen MR) is 75.2 cm³/mol. The van der Waals surface area contributed by atoms with Crippen LogP contribution >= 0.6 is 11.8 Å². The standard InChI is InChI=1S/C13H26N2S/c1-9(2)7-11-8-14-12(16-11)15-10(3)13(4,5)6/h9-11H,7-8H2,1-6H3,(H,14,15). The highest BCUT2D eigenvalue weighted by molar-refractivity contribution is 8.14. The summed E-state index contributed by atoms with van der Waals surface area (Å²) in [5.41, 5.74) is 0.291. The fraction of sp³-hybridized carbons (Fsp3) is 0.923. The Bertz CT molecular complexity index is 253. The van der Waals surface area contributed by atoms with Crippen LogP contribution in [0.15, 0.2) is 4.99 Å². The maximum absolute atomic E-state index is 4.59. The van der Waals surface area contributed by atoms with Gasteiger partial charge in [-0.1, -0.05) is 46.4 Å². The molecule has 94 valence electrons. The summed E-state index contributed by atoms with van der Waals surface area (Å²) in [5.74, 6) is 0.770. The lowest BCUT2D eigenvalue weighted by atomic mass is 9.88. The Hall–Kier alpha value is -0.180. The van der Waals surface area contributed by atoms with Gasteiger partial charge in [-0.2, -0.15) is 0 Å². The van der Waals surface area contributed by atoms with Crippen molar-refractivity contribution in [2.24, 2.45) is 16.3 Å². The van der Waals surface area contributed by atoms with E-state index in [0.717, 1.165) is 17.6 Å². The Labute approximate surface area is 105 Å². The van der Waals surface area contributed by atoms with Gasteiger partial charge < -0.3 is 5.32 Å². The molecule has 0 saturated heterocycles. The fourth-order valence-electron chi connectivity index (χ4n) is 1.55. The van der Waals surface area contributed by atoms with Gasteiger partial charge in [0.05, 0.1) is 6.54 Å². The van der Waals surface area contributed by atoms with E-state index < -0.39 is 0 Å². The topological polar surface area (TPSA) is 24.4 Å². The van der Waals surface area contributed by atoms with Crippen molar-refractivity contribution in [2.45, 2.75) is 59.3 Å². The minimum atomic E-state index is 0.291. The highest BCUT2D eigenvalue weighted by atomic mass is 32.2. The van der Waals surface area contributed by atoms with E-state index in [-0.39, 0.29) is 0 Å². The molecule has 0 aromatic heterocycles. The van der Waals surface area contributed by atoms with Gasteiger partial charge >= 0.3 is 0 Å². The summed E-state index contributed by atoms with van der Waals surface area (Å²) in [6.07, 6.45) is 1.27. The van der Waals surface area contributed by atoms with Crippen molar-refractivity contribution in [1.29, 1.82) is 0 Å². The molecule has 1 aliphatic rings. The summed E-state index contributed by atoms with van der Waals surface area (Å²) in [6.45, 7) is 14.6. The van der Waals surface area contributed by atoms with Gasteiger partial charge in [-0.3, -0.25) is 4.99 Å². The predicted octanol–water partition coefficient (Wildman–Crippen LogP) is 3.53. The molecule has 3 heteroatoms. The third-order valence-corrected chi connectivity index (χ3v) is 4.24. The highest BCUT2D eigenvalue weighted by Gasteiger charge is 2.25. The maximum atomic E-state index is 4.59. The molecule has 0 aromatic carbocycles. The summed E-state index contributed by atoms with van der Waals surface area (Å²) in [7, 11) is 0. The number of aliphatic imine (C=N–C) groups is 1. The molecule has 0 aliphatic carbocycles. The summed E-state index contributed by atoms with van der Waals surface area (Å²) in [4.78, 5) is 4.59. The van der Waals surface area contributed by atoms with E-state index >= 15 is 0 Å². The van der Waals surface area contributed by atoms with Crippen molar-refractivity contribution >= 4 is 16.9 Å². The first-order valence-electron chi connectivity index (χ1n) is 6.26. The number of nitrogens with zero attached hydrogens (tertiary/aromatic N) is 1. The summed E-state index contributed by atoms with van der Waals surface area (Å²) >= 11 is 1.92. The number of thioether (sulfide) groups is 1. The summed E-state index contributed by atoms with van der Waals surface area (Å²) < 4.78 is 0. The average Bonchev–Trinajstić information content (AvgIpc) is 2.49. The Morgan fingerprint density at radius 2 is 2.00 bits per heavy atom. The third-order valence-electron chi connectivity index (χ3n) is 3.09. The van der Waals surface area contributed by atoms with Crippen LogP contribution in [0.25, 0.3) is 0 Å². The quantitative estimate of drug-likeness (QED) is 0.819. The lowest BCUT2D eigenvalue weighted by molar-refractivity contribution is 0.317. The molecule has 1 aliphatic heterocycles. The first-order valence-corrected chi connectivity index (χ1v) is 7.14. The van der Waals surface area contributed by atoms with Gasteiger partial charge in [0.15, 0.2) is 5.17 Å². The van der Waals surface area contributed by atoms with Crippen molar-refractivity contribution in [3.05, 3.63) is 0 Å². The molecule has 0 amide bonds. The number of rotatable bonds is 3. The fourth-order valence-corrected chi connectivity index (χ4v) is 2.89. The van der Waals surface area contributed by atoms with Crippen molar-refractivity contribution < 1.29 is 0 Å². The monoisotopic (exact) mass is 242 g/mol. The van der Waals surface area contributed by atoms with Crippen LogP contribution in [0.1, 0.15) is 48.0 Å². The molecule has 16 heavy (non-hydrogen) atoms. The Kier molecular flexibility index (Phi) is 4.72. The van der Waals surface area contributed by atoms with Crippen molar-refractivity contribution in [2.75, 3.05) is 6.54 Å². The van der Waals surface area contributed by atoms with Crippen LogP contribution in [0.4, 0.5) is 0 Å². The first-order chi connectivity index (χ1) is 7.29. The molecule has 2 unspecified atom stereocenters. The summed E-state index contributed by atoms with van der Waals surface area (Å²) in [6, 6.07) is 0.469. The number of nitrogens with one attached hydrogen (secondary N) is 1. The van der Waals surface area contributed by atoms with Gasteiger partial charge in [-0.15, -0.1) is 0 Å². The van der Waals surface area contributed by atoms with Gasteiger partial charge in [0, 0.05) is 11.3 Å². The van der Waals surface area contributed by atoms with E-state index in [4.69, 9.17) is 0 Å². The van der Waals surface area contributed by atoms with Gasteiger partial charge in [-0.25, -0.2) is 0 Å². The molecule has 0 radical (unpaired) electrons. The molecule has 0 spiro atoms. The van der Waals surface area contributed by atoms with Gasteiger partial charge in [0.1, 0.15) is 0 Å². The maximum Gasteiger partial charge on any atom is 0.157 e. The zero-order chi connectivity index (χ0) is 12.3. The number of hydrogen-bond donors (Lipinski definition) is 1. The minimum Gasteiger partial charge on any atom is -0.362 e. The molecule has 0 saturated carbocycles. The van der Waals surface area contributed by atoms with Crippen LogP contribution in [-0.4, -0.2) is 23.0 Å². The van der Waals surface area contributed by atoms with Crippen LogP contribution in [0.3, 0.4) is 0 Å². The smallest absolute Gasteiger partial charge is 0.157 e. The SMILES string of the molecule is CC(C)CC1CN=C(NC(C)C(C)(C)C)S1. The number of amidine groups is 1. The van der Waals surface area contributed by atoms with E-state index in [0.29, 0.717) is 16.7 Å². The van der Waals surface area contributed by atoms with E-state index in [1.807, 2.05) is 11.8 Å². The third kappa shape index (κ3) is 4.36. The Balaban J connectivity index is 2.36. The van der Waals surface area contributed by atoms with E-state index in [9.17, 15) is 0 Å². The van der Waals surface area contributed by atoms with Crippen molar-refractivity contribution in [3.63, 3.8) is 0 Å². The second-order valence-electron chi connectivity index (χ2n) is 6.25. The zero-order valence-corrected chi connectivity index (χ0v) is 12.3. The molecule has 2 nitrogen and oxygen atoms in total. The van der Waals surface area contributed by atoms with E-state index in [2.05, 4.69) is 51.9 Å². The zero-order valence-electron chi connectivity index (χ0n) is 11.5. The van der Waals surface area contributed by atoms with Crippen LogP contribution in [0.5, 0.6) is 0 Å². The lowest BCUT2D eigenvalue weighted by Crippen LogP contribution is -2.39. The van der Waals surface area contributed by atoms with Gasteiger partial charge in [0.2, 0.25) is 0 Å². The molecule has 1 N–H and O–H groups in total. The molecule has 0 bridgehead atoms. The Morgan fingerprint density at radius 1 is 1.38 bits per heavy atom. The molecular formula is C13H26N2S. The normalized spacial score (nSPS) is 23.4. The second-order valence-corrected chi connectivity index (χ2v) is 7.54. The van der Waals surface area contributed by atoms with E-state index in [1.165, 1.54) is 6.42 Å². The van der Waals surface area contributed by atoms with Gasteiger partial charge in [0.25, 0.3) is 0 Å². The average molecular weight is 242 g/mol. The highest BCUT2D eigenvalue weighted by Crippen LogP contribution is 2.27. The van der Waals surface area contributed by atoms with E-state index in [1.54, 1.807) is 0 Å². The largest absolute Gasteiger partial charge is 0.362 e. The molecule has 0 fully saturated rings. The van der Waals surface area contributed by atoms with Crippen LogP contribution in [0.2, 0.25) is 0 Å². The second kappa shape index (κ2) is 5.44. The molecule has 0 aromatic rings. The molecule has 2 atom stereocenters. The van der Waals surface area contributed by atoms with Crippen LogP contribution in [0, 0.1) is 11.3 Å². The minimum absolute atomic E-state index is 0.291. The first kappa shape index (κ1) is 13.9. The summed E-state index contributed by atoms with van der Waals surface area (Å²) in [5, 5.41) is 5.37.